The predicted molar refractivity (Wildman–Crippen MR) is 110 cm³/mol. The molecule has 2 N–H and O–H groups in total. The molecule has 2 aromatic heterocycles. The molecule has 0 spiro atoms. The lowest BCUT2D eigenvalue weighted by molar-refractivity contribution is -0.119. The summed E-state index contributed by atoms with van der Waals surface area (Å²) in [7, 11) is 0. The van der Waals surface area contributed by atoms with Gasteiger partial charge in [0, 0.05) is 11.6 Å². The Bertz CT molecular complexity index is 902. The third-order valence-corrected chi connectivity index (χ3v) is 6.17. The maximum Gasteiger partial charge on any atom is 0.413 e. The molecule has 8 nitrogen and oxygen atoms in total. The highest BCUT2D eigenvalue weighted by molar-refractivity contribution is 8.01. The number of hydrogen-bond acceptors (Lipinski definition) is 9. The van der Waals surface area contributed by atoms with E-state index in [4.69, 9.17) is 4.74 Å². The molecule has 11 heteroatoms. The molecule has 0 aliphatic carbocycles. The number of carbonyl (C=O) groups is 2. The summed E-state index contributed by atoms with van der Waals surface area (Å²) in [5.74, 6) is 0.0205. The topological polar surface area (TPSA) is 106 Å². The highest BCUT2D eigenvalue weighted by atomic mass is 32.2. The number of nitrogens with zero attached hydrogens (tertiary/aromatic N) is 3. The molecular formula is C17H17N5O3S3. The van der Waals surface area contributed by atoms with Gasteiger partial charge in [-0.2, -0.15) is 0 Å². The summed E-state index contributed by atoms with van der Waals surface area (Å²) in [5.41, 5.74) is 0.965. The number of rotatable bonds is 8. The summed E-state index contributed by atoms with van der Waals surface area (Å²) in [6.07, 6.45) is 1.14. The van der Waals surface area contributed by atoms with Gasteiger partial charge in [0.15, 0.2) is 4.34 Å². The van der Waals surface area contributed by atoms with Crippen LogP contribution in [0.1, 0.15) is 23.5 Å². The molecule has 0 fully saturated rings. The van der Waals surface area contributed by atoms with Crippen molar-refractivity contribution in [2.75, 3.05) is 17.7 Å². The minimum absolute atomic E-state index is 0.149. The average Bonchev–Trinajstić information content (AvgIpc) is 3.37. The van der Waals surface area contributed by atoms with Crippen LogP contribution in [-0.2, 0) is 9.53 Å². The fourth-order valence-electron chi connectivity index (χ4n) is 2.21. The number of hydrogen-bond donors (Lipinski definition) is 2. The molecule has 0 saturated heterocycles. The number of anilines is 1. The monoisotopic (exact) mass is 435 g/mol. The summed E-state index contributed by atoms with van der Waals surface area (Å²) in [4.78, 5) is 28.2. The molecule has 2 heterocycles. The fraction of sp³-hybridized carbons (Fsp3) is 0.235. The van der Waals surface area contributed by atoms with Crippen molar-refractivity contribution in [3.8, 4) is 0 Å². The number of benzene rings is 1. The van der Waals surface area contributed by atoms with E-state index in [0.717, 1.165) is 10.6 Å². The van der Waals surface area contributed by atoms with E-state index in [9.17, 15) is 9.59 Å². The molecule has 28 heavy (non-hydrogen) atoms. The van der Waals surface area contributed by atoms with Crippen LogP contribution < -0.4 is 10.6 Å². The van der Waals surface area contributed by atoms with E-state index in [0.29, 0.717) is 9.47 Å². The van der Waals surface area contributed by atoms with Gasteiger partial charge < -0.3 is 10.1 Å². The molecule has 3 rings (SSSR count). The van der Waals surface area contributed by atoms with E-state index < -0.39 is 6.09 Å². The lowest BCUT2D eigenvalue weighted by Gasteiger charge is -2.16. The van der Waals surface area contributed by atoms with Crippen LogP contribution in [0.4, 0.5) is 9.93 Å². The molecule has 1 unspecified atom stereocenters. The van der Waals surface area contributed by atoms with E-state index in [1.54, 1.807) is 13.1 Å². The van der Waals surface area contributed by atoms with Crippen molar-refractivity contribution >= 4 is 51.6 Å². The Morgan fingerprint density at radius 2 is 2.07 bits per heavy atom. The second kappa shape index (κ2) is 10.2. The van der Waals surface area contributed by atoms with Crippen molar-refractivity contribution in [3.05, 3.63) is 52.5 Å². The van der Waals surface area contributed by atoms with E-state index in [2.05, 4.69) is 25.8 Å². The van der Waals surface area contributed by atoms with Gasteiger partial charge in [0.2, 0.25) is 11.0 Å². The van der Waals surface area contributed by atoms with Gasteiger partial charge in [-0.05, 0) is 12.5 Å². The zero-order valence-corrected chi connectivity index (χ0v) is 17.3. The minimum Gasteiger partial charge on any atom is -0.450 e. The first-order chi connectivity index (χ1) is 13.7. The van der Waals surface area contributed by atoms with Gasteiger partial charge in [-0.1, -0.05) is 53.4 Å². The average molecular weight is 436 g/mol. The van der Waals surface area contributed by atoms with Crippen LogP contribution >= 0.6 is 34.4 Å². The van der Waals surface area contributed by atoms with E-state index >= 15 is 0 Å². The van der Waals surface area contributed by atoms with Crippen LogP contribution in [0.5, 0.6) is 0 Å². The van der Waals surface area contributed by atoms with Crippen molar-refractivity contribution in [2.24, 2.45) is 0 Å². The highest BCUT2D eigenvalue weighted by Gasteiger charge is 2.19. The summed E-state index contributed by atoms with van der Waals surface area (Å²) in [5, 5.41) is 16.3. The van der Waals surface area contributed by atoms with Gasteiger partial charge in [0.05, 0.1) is 12.4 Å². The van der Waals surface area contributed by atoms with E-state index in [1.165, 1.54) is 34.4 Å². The molecule has 0 bridgehead atoms. The van der Waals surface area contributed by atoms with Crippen molar-refractivity contribution in [1.82, 2.24) is 20.5 Å². The van der Waals surface area contributed by atoms with Gasteiger partial charge in [-0.15, -0.1) is 21.5 Å². The molecular weight excluding hydrogens is 418 g/mol. The molecule has 2 amide bonds. The van der Waals surface area contributed by atoms with Crippen LogP contribution in [0.3, 0.4) is 0 Å². The number of carbonyl (C=O) groups excluding carboxylic acids is 2. The number of aromatic nitrogens is 3. The molecule has 0 saturated carbocycles. The van der Waals surface area contributed by atoms with E-state index in [-0.39, 0.29) is 24.3 Å². The first-order valence-electron chi connectivity index (χ1n) is 8.29. The highest BCUT2D eigenvalue weighted by Crippen LogP contribution is 2.27. The Morgan fingerprint density at radius 3 is 2.79 bits per heavy atom. The van der Waals surface area contributed by atoms with Gasteiger partial charge in [-0.3, -0.25) is 10.1 Å². The summed E-state index contributed by atoms with van der Waals surface area (Å²) in [6, 6.07) is 9.39. The van der Waals surface area contributed by atoms with Crippen LogP contribution in [0.2, 0.25) is 0 Å². The number of amides is 2. The minimum atomic E-state index is -0.581. The molecule has 0 aliphatic heterocycles. The van der Waals surface area contributed by atoms with Gasteiger partial charge in [0.25, 0.3) is 0 Å². The molecule has 0 aliphatic rings. The van der Waals surface area contributed by atoms with E-state index in [1.807, 2.05) is 35.7 Å². The lowest BCUT2D eigenvalue weighted by Crippen LogP contribution is -2.30. The van der Waals surface area contributed by atoms with Crippen molar-refractivity contribution < 1.29 is 14.3 Å². The Morgan fingerprint density at radius 1 is 1.25 bits per heavy atom. The maximum absolute atomic E-state index is 12.5. The number of thioether (sulfide) groups is 1. The summed E-state index contributed by atoms with van der Waals surface area (Å²) >= 11 is 3.92. The van der Waals surface area contributed by atoms with Crippen molar-refractivity contribution in [2.45, 2.75) is 17.3 Å². The van der Waals surface area contributed by atoms with Crippen molar-refractivity contribution in [1.29, 1.82) is 0 Å². The Labute approximate surface area is 173 Å². The smallest absolute Gasteiger partial charge is 0.413 e. The lowest BCUT2D eigenvalue weighted by atomic mass is 10.1. The van der Waals surface area contributed by atoms with Crippen LogP contribution in [-0.4, -0.2) is 39.5 Å². The third-order valence-electron chi connectivity index (χ3n) is 3.35. The van der Waals surface area contributed by atoms with Crippen molar-refractivity contribution in [3.63, 3.8) is 0 Å². The summed E-state index contributed by atoms with van der Waals surface area (Å²) < 4.78 is 5.36. The zero-order chi connectivity index (χ0) is 19.8. The SMILES string of the molecule is CCOC(=O)Nc1nnc(SCC(=O)NC(c2ccccc2)c2nccs2)s1. The zero-order valence-electron chi connectivity index (χ0n) is 14.8. The van der Waals surface area contributed by atoms with Crippen LogP contribution in [0.15, 0.2) is 46.2 Å². The Hall–Kier alpha value is -2.50. The summed E-state index contributed by atoms with van der Waals surface area (Å²) in [6.45, 7) is 1.99. The first kappa shape index (κ1) is 20.2. The molecule has 1 aromatic carbocycles. The second-order valence-electron chi connectivity index (χ2n) is 5.29. The Kier molecular flexibility index (Phi) is 7.34. The fourth-order valence-corrected chi connectivity index (χ4v) is 4.48. The molecule has 146 valence electrons. The standard InChI is InChI=1S/C17H17N5O3S3/c1-2-25-16(24)20-15-21-22-17(28-15)27-10-12(23)19-13(14-18-8-9-26-14)11-6-4-3-5-7-11/h3-9,13H,2,10H2,1H3,(H,19,23)(H,20,21,24). The predicted octanol–water partition coefficient (Wildman–Crippen LogP) is 3.56. The first-order valence-corrected chi connectivity index (χ1v) is 11.0. The van der Waals surface area contributed by atoms with Crippen LogP contribution in [0, 0.1) is 0 Å². The third kappa shape index (κ3) is 5.75. The number of thiazole rings is 1. The van der Waals surface area contributed by atoms with Gasteiger partial charge in [0.1, 0.15) is 11.0 Å². The quantitative estimate of drug-likeness (QED) is 0.411. The second-order valence-corrected chi connectivity index (χ2v) is 8.41. The largest absolute Gasteiger partial charge is 0.450 e. The maximum atomic E-state index is 12.5. The Balaban J connectivity index is 1.57. The molecule has 1 atom stereocenters. The van der Waals surface area contributed by atoms with Crippen LogP contribution in [0.25, 0.3) is 0 Å². The number of ether oxygens (including phenoxy) is 1. The van der Waals surface area contributed by atoms with Gasteiger partial charge >= 0.3 is 6.09 Å². The van der Waals surface area contributed by atoms with Gasteiger partial charge in [-0.25, -0.2) is 9.78 Å². The number of nitrogens with one attached hydrogen (secondary N) is 2. The molecule has 0 radical (unpaired) electrons. The normalized spacial score (nSPS) is 11.6. The molecule has 3 aromatic rings.